The Hall–Kier alpha value is -0.920. The molecule has 3 nitrogen and oxygen atoms in total. The smallest absolute Gasteiger partial charge is 0.295 e. The first-order valence-corrected chi connectivity index (χ1v) is 5.46. The van der Waals surface area contributed by atoms with E-state index in [1.807, 2.05) is 0 Å². The van der Waals surface area contributed by atoms with Gasteiger partial charge in [0.1, 0.15) is 0 Å². The molecule has 0 amide bonds. The minimum atomic E-state index is -3.26. The first-order chi connectivity index (χ1) is 6.11. The number of carbonyl (C=O) groups is 1. The quantitative estimate of drug-likeness (QED) is 0.695. The molecule has 0 N–H and O–H groups in total. The molecule has 1 atom stereocenters. The van der Waals surface area contributed by atoms with Crippen LogP contribution in [0, 0.1) is 0 Å². The van der Waals surface area contributed by atoms with Gasteiger partial charge in [-0.2, -0.15) is 0 Å². The molecule has 1 aromatic carbocycles. The molecule has 13 heavy (non-hydrogen) atoms. The van der Waals surface area contributed by atoms with E-state index in [4.69, 9.17) is 4.52 Å². The van der Waals surface area contributed by atoms with Crippen LogP contribution in [0.15, 0.2) is 30.3 Å². The van der Waals surface area contributed by atoms with E-state index in [0.717, 1.165) is 0 Å². The van der Waals surface area contributed by atoms with E-state index in [2.05, 4.69) is 0 Å². The van der Waals surface area contributed by atoms with Crippen molar-refractivity contribution >= 4 is 18.2 Å². The van der Waals surface area contributed by atoms with Crippen LogP contribution in [0.5, 0.6) is 0 Å². The second-order valence-electron chi connectivity index (χ2n) is 2.59. The predicted octanol–water partition coefficient (Wildman–Crippen LogP) is 1.78. The van der Waals surface area contributed by atoms with Crippen molar-refractivity contribution < 1.29 is 13.9 Å². The molecule has 0 spiro atoms. The summed E-state index contributed by atoms with van der Waals surface area (Å²) in [5.41, 5.74) is -0.429. The Kier molecular flexibility index (Phi) is 3.02. The molecule has 1 rings (SSSR count). The summed E-state index contributed by atoms with van der Waals surface area (Å²) in [6.45, 7) is 1.28. The third-order valence-electron chi connectivity index (χ3n) is 1.77. The van der Waals surface area contributed by atoms with Crippen molar-refractivity contribution in [2.45, 2.75) is 6.92 Å². The number of hydrogen-bond donors (Lipinski definition) is 0. The first kappa shape index (κ1) is 10.2. The maximum atomic E-state index is 11.9. The fourth-order valence-corrected chi connectivity index (χ4v) is 2.44. The summed E-state index contributed by atoms with van der Waals surface area (Å²) in [7, 11) is -1.98. The summed E-state index contributed by atoms with van der Waals surface area (Å²) >= 11 is 0. The van der Waals surface area contributed by atoms with E-state index in [-0.39, 0.29) is 0 Å². The van der Waals surface area contributed by atoms with Gasteiger partial charge in [-0.25, -0.2) is 0 Å². The van der Waals surface area contributed by atoms with Gasteiger partial charge in [0, 0.05) is 19.3 Å². The molecule has 0 radical (unpaired) electrons. The Morgan fingerprint density at radius 1 is 1.31 bits per heavy atom. The van der Waals surface area contributed by atoms with E-state index in [9.17, 15) is 9.36 Å². The molecule has 70 valence electrons. The molecule has 0 heterocycles. The van der Waals surface area contributed by atoms with Crippen LogP contribution in [0.2, 0.25) is 0 Å². The van der Waals surface area contributed by atoms with Crippen molar-refractivity contribution in [3.05, 3.63) is 30.3 Å². The van der Waals surface area contributed by atoms with Crippen molar-refractivity contribution in [3.8, 4) is 0 Å². The highest BCUT2D eigenvalue weighted by atomic mass is 31.2. The van der Waals surface area contributed by atoms with Crippen molar-refractivity contribution in [2.75, 3.05) is 7.11 Å². The van der Waals surface area contributed by atoms with Crippen LogP contribution < -0.4 is 5.30 Å². The standard InChI is InChI=1S/C9H11O3P/c1-8(10)13(11,12-2)9-6-4-3-5-7-9/h3-7H,1-2H3. The third kappa shape index (κ3) is 1.87. The van der Waals surface area contributed by atoms with Crippen LogP contribution in [0.3, 0.4) is 0 Å². The lowest BCUT2D eigenvalue weighted by atomic mass is 10.4. The summed E-state index contributed by atoms with van der Waals surface area (Å²) in [6.07, 6.45) is 0. The molecule has 0 saturated carbocycles. The van der Waals surface area contributed by atoms with Gasteiger partial charge >= 0.3 is 0 Å². The number of carbonyl (C=O) groups excluding carboxylic acids is 1. The normalized spacial score (nSPS) is 14.9. The zero-order valence-corrected chi connectivity index (χ0v) is 8.45. The first-order valence-electron chi connectivity index (χ1n) is 3.84. The Balaban J connectivity index is 3.19. The highest BCUT2D eigenvalue weighted by molar-refractivity contribution is 7.82. The molecule has 1 unspecified atom stereocenters. The predicted molar refractivity (Wildman–Crippen MR) is 51.4 cm³/mol. The Bertz CT molecular complexity index is 345. The van der Waals surface area contributed by atoms with E-state index in [0.29, 0.717) is 5.30 Å². The van der Waals surface area contributed by atoms with E-state index >= 15 is 0 Å². The number of rotatable bonds is 3. The Labute approximate surface area is 77.2 Å². The zero-order chi connectivity index (χ0) is 9.90. The van der Waals surface area contributed by atoms with E-state index in [1.165, 1.54) is 14.0 Å². The molecule has 4 heteroatoms. The van der Waals surface area contributed by atoms with Gasteiger partial charge < -0.3 is 4.52 Å². The molecule has 0 aromatic heterocycles. The SMILES string of the molecule is COP(=O)(C(C)=O)c1ccccc1. The van der Waals surface area contributed by atoms with Gasteiger partial charge in [-0.3, -0.25) is 9.36 Å². The Morgan fingerprint density at radius 3 is 2.23 bits per heavy atom. The highest BCUT2D eigenvalue weighted by Crippen LogP contribution is 2.45. The average Bonchev–Trinajstić information content (AvgIpc) is 2.17. The lowest BCUT2D eigenvalue weighted by molar-refractivity contribution is -0.110. The number of hydrogen-bond acceptors (Lipinski definition) is 3. The van der Waals surface area contributed by atoms with Gasteiger partial charge in [-0.05, 0) is 12.1 Å². The molecule has 0 aliphatic heterocycles. The molecule has 0 bridgehead atoms. The van der Waals surface area contributed by atoms with E-state index < -0.39 is 12.9 Å². The van der Waals surface area contributed by atoms with Gasteiger partial charge in [0.15, 0.2) is 0 Å². The minimum absolute atomic E-state index is 0.429. The van der Waals surface area contributed by atoms with Gasteiger partial charge in [0.25, 0.3) is 7.37 Å². The molecular weight excluding hydrogens is 187 g/mol. The van der Waals surface area contributed by atoms with Crippen LogP contribution in [-0.2, 0) is 13.9 Å². The van der Waals surface area contributed by atoms with Crippen LogP contribution >= 0.6 is 7.37 Å². The van der Waals surface area contributed by atoms with Crippen LogP contribution in [-0.4, -0.2) is 12.6 Å². The third-order valence-corrected chi connectivity index (χ3v) is 4.09. The summed E-state index contributed by atoms with van der Waals surface area (Å²) in [4.78, 5) is 11.1. The zero-order valence-electron chi connectivity index (χ0n) is 7.56. The lowest BCUT2D eigenvalue weighted by Crippen LogP contribution is -2.11. The van der Waals surface area contributed by atoms with E-state index in [1.54, 1.807) is 30.3 Å². The second kappa shape index (κ2) is 3.86. The fraction of sp³-hybridized carbons (Fsp3) is 0.222. The highest BCUT2D eigenvalue weighted by Gasteiger charge is 2.29. The summed E-state index contributed by atoms with van der Waals surface area (Å²) in [5, 5.41) is 0.449. The molecule has 1 aromatic rings. The molecule has 0 aliphatic rings. The van der Waals surface area contributed by atoms with Crippen molar-refractivity contribution in [3.63, 3.8) is 0 Å². The number of benzene rings is 1. The van der Waals surface area contributed by atoms with Crippen LogP contribution in [0.1, 0.15) is 6.92 Å². The van der Waals surface area contributed by atoms with Crippen molar-refractivity contribution in [1.29, 1.82) is 0 Å². The molecule has 0 saturated heterocycles. The van der Waals surface area contributed by atoms with Crippen molar-refractivity contribution in [1.82, 2.24) is 0 Å². The van der Waals surface area contributed by atoms with Gasteiger partial charge in [-0.15, -0.1) is 0 Å². The summed E-state index contributed by atoms with van der Waals surface area (Å²) in [6, 6.07) is 8.51. The lowest BCUT2D eigenvalue weighted by Gasteiger charge is -2.11. The van der Waals surface area contributed by atoms with Crippen LogP contribution in [0.4, 0.5) is 0 Å². The minimum Gasteiger partial charge on any atom is -0.323 e. The second-order valence-corrected chi connectivity index (χ2v) is 5.20. The van der Waals surface area contributed by atoms with Gasteiger partial charge in [0.2, 0.25) is 5.52 Å². The van der Waals surface area contributed by atoms with Crippen molar-refractivity contribution in [2.24, 2.45) is 0 Å². The molecule has 0 fully saturated rings. The molecule has 0 aliphatic carbocycles. The monoisotopic (exact) mass is 198 g/mol. The van der Waals surface area contributed by atoms with Gasteiger partial charge in [-0.1, -0.05) is 18.2 Å². The maximum Gasteiger partial charge on any atom is 0.295 e. The fourth-order valence-electron chi connectivity index (χ4n) is 1.04. The molecular formula is C9H11O3P. The van der Waals surface area contributed by atoms with Crippen LogP contribution in [0.25, 0.3) is 0 Å². The summed E-state index contributed by atoms with van der Waals surface area (Å²) in [5.74, 6) is 0. The average molecular weight is 198 g/mol. The largest absolute Gasteiger partial charge is 0.323 e. The summed E-state index contributed by atoms with van der Waals surface area (Å²) < 4.78 is 16.7. The topological polar surface area (TPSA) is 43.4 Å². The van der Waals surface area contributed by atoms with Gasteiger partial charge in [0.05, 0.1) is 0 Å². The maximum absolute atomic E-state index is 11.9. The Morgan fingerprint density at radius 2 is 1.85 bits per heavy atom.